The molecule has 0 saturated heterocycles. The van der Waals surface area contributed by atoms with Gasteiger partial charge in [-0.1, -0.05) is 0 Å². The molecular formula is C12H13N5O4. The number of rotatable bonds is 4. The fourth-order valence-electron chi connectivity index (χ4n) is 1.69. The van der Waals surface area contributed by atoms with Crippen LogP contribution in [-0.4, -0.2) is 52.5 Å². The molecule has 0 saturated carbocycles. The predicted molar refractivity (Wildman–Crippen MR) is 73.8 cm³/mol. The summed E-state index contributed by atoms with van der Waals surface area (Å²) in [5.41, 5.74) is 0.382. The molecule has 2 aromatic rings. The zero-order valence-electron chi connectivity index (χ0n) is 11.4. The molecule has 0 fully saturated rings. The molecule has 0 radical (unpaired) electrons. The molecule has 0 spiro atoms. The van der Waals surface area contributed by atoms with E-state index in [1.165, 1.54) is 23.1 Å². The van der Waals surface area contributed by atoms with Crippen LogP contribution in [0.5, 0.6) is 0 Å². The number of aromatic nitrogens is 2. The van der Waals surface area contributed by atoms with Crippen LogP contribution in [0.25, 0.3) is 10.9 Å². The minimum absolute atomic E-state index is 0.0141. The maximum Gasteiger partial charge on any atom is 0.272 e. The Kier molecular flexibility index (Phi) is 3.83. The number of fused-ring (bicyclic) bond motifs is 1. The molecule has 9 nitrogen and oxygen atoms in total. The fourth-order valence-corrected chi connectivity index (χ4v) is 1.69. The van der Waals surface area contributed by atoms with Gasteiger partial charge < -0.3 is 10.2 Å². The fraction of sp³-hybridized carbons (Fsp3) is 0.250. The van der Waals surface area contributed by atoms with Crippen LogP contribution in [0.15, 0.2) is 18.2 Å². The molecule has 2 amide bonds. The molecule has 2 N–H and O–H groups in total. The Bertz CT molecular complexity index is 722. The Balaban J connectivity index is 2.25. The van der Waals surface area contributed by atoms with E-state index in [0.717, 1.165) is 0 Å². The van der Waals surface area contributed by atoms with Crippen molar-refractivity contribution in [3.8, 4) is 0 Å². The van der Waals surface area contributed by atoms with Gasteiger partial charge in [-0.2, -0.15) is 5.10 Å². The van der Waals surface area contributed by atoms with Crippen LogP contribution in [0.3, 0.4) is 0 Å². The Morgan fingerprint density at radius 3 is 2.76 bits per heavy atom. The highest BCUT2D eigenvalue weighted by atomic mass is 16.6. The van der Waals surface area contributed by atoms with E-state index in [-0.39, 0.29) is 23.8 Å². The van der Waals surface area contributed by atoms with E-state index in [1.54, 1.807) is 14.1 Å². The summed E-state index contributed by atoms with van der Waals surface area (Å²) in [6.45, 7) is -0.172. The number of carbonyl (C=O) groups is 2. The second kappa shape index (κ2) is 5.57. The first-order chi connectivity index (χ1) is 9.90. The predicted octanol–water partition coefficient (Wildman–Crippen LogP) is 0.289. The van der Waals surface area contributed by atoms with Crippen molar-refractivity contribution in [2.75, 3.05) is 20.6 Å². The van der Waals surface area contributed by atoms with E-state index in [9.17, 15) is 19.7 Å². The van der Waals surface area contributed by atoms with Crippen LogP contribution in [0.4, 0.5) is 5.69 Å². The number of amides is 2. The molecular weight excluding hydrogens is 278 g/mol. The highest BCUT2D eigenvalue weighted by Gasteiger charge is 2.18. The van der Waals surface area contributed by atoms with Crippen molar-refractivity contribution < 1.29 is 14.5 Å². The van der Waals surface area contributed by atoms with Gasteiger partial charge >= 0.3 is 0 Å². The van der Waals surface area contributed by atoms with Crippen molar-refractivity contribution in [2.24, 2.45) is 0 Å². The SMILES string of the molecule is CN(C)C(=O)CNC(=O)c1n[nH]c2ccc([N+](=O)[O-])cc12. The molecule has 0 aliphatic heterocycles. The summed E-state index contributed by atoms with van der Waals surface area (Å²) in [6, 6.07) is 4.06. The molecule has 0 bridgehead atoms. The minimum Gasteiger partial charge on any atom is -0.347 e. The summed E-state index contributed by atoms with van der Waals surface area (Å²) < 4.78 is 0. The van der Waals surface area contributed by atoms with E-state index in [2.05, 4.69) is 15.5 Å². The van der Waals surface area contributed by atoms with Crippen LogP contribution in [0, 0.1) is 10.1 Å². The normalized spacial score (nSPS) is 10.4. The van der Waals surface area contributed by atoms with Crippen molar-refractivity contribution >= 4 is 28.4 Å². The average Bonchev–Trinajstić information content (AvgIpc) is 2.86. The lowest BCUT2D eigenvalue weighted by molar-refractivity contribution is -0.384. The summed E-state index contributed by atoms with van der Waals surface area (Å²) in [5.74, 6) is -0.842. The molecule has 1 aromatic heterocycles. The highest BCUT2D eigenvalue weighted by Crippen LogP contribution is 2.21. The molecule has 0 atom stereocenters. The standard InChI is InChI=1S/C12H13N5O4/c1-16(2)10(18)6-13-12(19)11-8-5-7(17(20)21)3-4-9(8)14-15-11/h3-5H,6H2,1-2H3,(H,13,19)(H,14,15). The van der Waals surface area contributed by atoms with Crippen LogP contribution in [0.1, 0.15) is 10.5 Å². The van der Waals surface area contributed by atoms with E-state index >= 15 is 0 Å². The smallest absolute Gasteiger partial charge is 0.272 e. The largest absolute Gasteiger partial charge is 0.347 e. The highest BCUT2D eigenvalue weighted by molar-refractivity contribution is 6.06. The molecule has 0 aliphatic rings. The maximum atomic E-state index is 12.0. The van der Waals surface area contributed by atoms with Crippen LogP contribution in [-0.2, 0) is 4.79 Å². The monoisotopic (exact) mass is 291 g/mol. The van der Waals surface area contributed by atoms with Gasteiger partial charge in [-0.3, -0.25) is 24.8 Å². The number of nitrogens with one attached hydrogen (secondary N) is 2. The second-order valence-corrected chi connectivity index (χ2v) is 4.53. The molecule has 2 rings (SSSR count). The van der Waals surface area contributed by atoms with Crippen molar-refractivity contribution in [1.29, 1.82) is 0 Å². The Morgan fingerprint density at radius 2 is 2.14 bits per heavy atom. The number of nitro groups is 1. The van der Waals surface area contributed by atoms with E-state index in [0.29, 0.717) is 10.9 Å². The average molecular weight is 291 g/mol. The minimum atomic E-state index is -0.572. The second-order valence-electron chi connectivity index (χ2n) is 4.53. The summed E-state index contributed by atoms with van der Waals surface area (Å²) in [5, 5.41) is 20.0. The summed E-state index contributed by atoms with van der Waals surface area (Å²) in [6.07, 6.45) is 0. The van der Waals surface area contributed by atoms with Gasteiger partial charge in [-0.05, 0) is 6.07 Å². The third-order valence-electron chi connectivity index (χ3n) is 2.87. The summed E-state index contributed by atoms with van der Waals surface area (Å²) in [4.78, 5) is 35.0. The number of nitro benzene ring substituents is 1. The Labute approximate surface area is 119 Å². The number of H-pyrrole nitrogens is 1. The number of likely N-dealkylation sites (N-methyl/N-ethyl adjacent to an activating group) is 1. The van der Waals surface area contributed by atoms with Gasteiger partial charge in [0.1, 0.15) is 0 Å². The number of carbonyl (C=O) groups excluding carboxylic acids is 2. The number of aromatic amines is 1. The number of hydrogen-bond donors (Lipinski definition) is 2. The lowest BCUT2D eigenvalue weighted by Gasteiger charge is -2.10. The number of non-ortho nitro benzene ring substituents is 1. The van der Waals surface area contributed by atoms with E-state index in [4.69, 9.17) is 0 Å². The molecule has 0 unspecified atom stereocenters. The molecule has 21 heavy (non-hydrogen) atoms. The van der Waals surface area contributed by atoms with Crippen molar-refractivity contribution in [1.82, 2.24) is 20.4 Å². The zero-order chi connectivity index (χ0) is 15.6. The number of hydrogen-bond acceptors (Lipinski definition) is 5. The zero-order valence-corrected chi connectivity index (χ0v) is 11.4. The van der Waals surface area contributed by atoms with Crippen molar-refractivity contribution in [3.05, 3.63) is 34.0 Å². The quantitative estimate of drug-likeness (QED) is 0.619. The molecule has 1 aromatic carbocycles. The van der Waals surface area contributed by atoms with Gasteiger partial charge in [0.15, 0.2) is 5.69 Å². The Morgan fingerprint density at radius 1 is 1.43 bits per heavy atom. The number of nitrogens with zero attached hydrogens (tertiary/aromatic N) is 3. The van der Waals surface area contributed by atoms with Crippen LogP contribution >= 0.6 is 0 Å². The first kappa shape index (κ1) is 14.4. The van der Waals surface area contributed by atoms with Crippen LogP contribution < -0.4 is 5.32 Å². The summed E-state index contributed by atoms with van der Waals surface area (Å²) >= 11 is 0. The third kappa shape index (κ3) is 2.96. The summed E-state index contributed by atoms with van der Waals surface area (Å²) in [7, 11) is 3.14. The van der Waals surface area contributed by atoms with Gasteiger partial charge in [0.05, 0.1) is 17.0 Å². The first-order valence-electron chi connectivity index (χ1n) is 6.01. The topological polar surface area (TPSA) is 121 Å². The number of benzene rings is 1. The van der Waals surface area contributed by atoms with Gasteiger partial charge in [-0.15, -0.1) is 0 Å². The molecule has 110 valence electrons. The van der Waals surface area contributed by atoms with Crippen molar-refractivity contribution in [2.45, 2.75) is 0 Å². The van der Waals surface area contributed by atoms with E-state index in [1.807, 2.05) is 0 Å². The van der Waals surface area contributed by atoms with Gasteiger partial charge in [0.2, 0.25) is 5.91 Å². The molecule has 0 aliphatic carbocycles. The lowest BCUT2D eigenvalue weighted by Crippen LogP contribution is -2.36. The molecule has 9 heteroatoms. The van der Waals surface area contributed by atoms with Gasteiger partial charge in [0, 0.05) is 31.6 Å². The molecule has 1 heterocycles. The van der Waals surface area contributed by atoms with Gasteiger partial charge in [-0.25, -0.2) is 0 Å². The Hall–Kier alpha value is -2.97. The third-order valence-corrected chi connectivity index (χ3v) is 2.87. The maximum absolute atomic E-state index is 12.0. The van der Waals surface area contributed by atoms with Gasteiger partial charge in [0.25, 0.3) is 11.6 Å². The van der Waals surface area contributed by atoms with Crippen LogP contribution in [0.2, 0.25) is 0 Å². The first-order valence-corrected chi connectivity index (χ1v) is 6.01. The van der Waals surface area contributed by atoms with E-state index < -0.39 is 10.8 Å². The lowest BCUT2D eigenvalue weighted by atomic mass is 10.2. The van der Waals surface area contributed by atoms with Crippen molar-refractivity contribution in [3.63, 3.8) is 0 Å².